The van der Waals surface area contributed by atoms with Crippen molar-refractivity contribution in [3.05, 3.63) is 41.6 Å². The number of benzene rings is 1. The van der Waals surface area contributed by atoms with Gasteiger partial charge < -0.3 is 4.57 Å². The molecule has 1 N–H and O–H groups in total. The summed E-state index contributed by atoms with van der Waals surface area (Å²) >= 11 is 5.16. The Bertz CT molecular complexity index is 882. The number of fused-ring (bicyclic) bond motifs is 1. The first-order valence-electron chi connectivity index (χ1n) is 7.88. The minimum absolute atomic E-state index is 0.0680. The second-order valence-electron chi connectivity index (χ2n) is 5.96. The molecular formula is C18H19N3O2S. The van der Waals surface area contributed by atoms with Crippen LogP contribution in [0, 0.1) is 0 Å². The quantitative estimate of drug-likeness (QED) is 0.530. The summed E-state index contributed by atoms with van der Waals surface area (Å²) < 4.78 is 1.98. The Hall–Kier alpha value is -2.47. The summed E-state index contributed by atoms with van der Waals surface area (Å²) in [5.74, 6) is -0.788. The first-order valence-corrected chi connectivity index (χ1v) is 8.29. The first-order chi connectivity index (χ1) is 11.4. The van der Waals surface area contributed by atoms with Crippen molar-refractivity contribution in [2.24, 2.45) is 7.05 Å². The number of thiocarbonyl (C=S) groups is 1. The highest BCUT2D eigenvalue weighted by Gasteiger charge is 2.35. The van der Waals surface area contributed by atoms with Gasteiger partial charge in [0, 0.05) is 35.8 Å². The van der Waals surface area contributed by atoms with Gasteiger partial charge in [0.05, 0.1) is 0 Å². The smallest absolute Gasteiger partial charge is 0.265 e. The van der Waals surface area contributed by atoms with E-state index in [1.807, 2.05) is 55.9 Å². The van der Waals surface area contributed by atoms with Gasteiger partial charge in [-0.05, 0) is 37.7 Å². The summed E-state index contributed by atoms with van der Waals surface area (Å²) in [4.78, 5) is 26.6. The second kappa shape index (κ2) is 6.20. The molecule has 0 aliphatic carbocycles. The maximum atomic E-state index is 12.8. The third-order valence-corrected chi connectivity index (χ3v) is 4.69. The van der Waals surface area contributed by atoms with Gasteiger partial charge in [0.15, 0.2) is 5.11 Å². The number of carbonyl (C=O) groups is 2. The zero-order valence-corrected chi connectivity index (χ0v) is 14.7. The van der Waals surface area contributed by atoms with Crippen LogP contribution in [-0.2, 0) is 16.6 Å². The van der Waals surface area contributed by atoms with Gasteiger partial charge in [-0.25, -0.2) is 0 Å². The number of hydrogen-bond donors (Lipinski definition) is 1. The average Bonchev–Trinajstić information content (AvgIpc) is 2.87. The predicted molar refractivity (Wildman–Crippen MR) is 98.2 cm³/mol. The van der Waals surface area contributed by atoms with E-state index in [-0.39, 0.29) is 22.6 Å². The van der Waals surface area contributed by atoms with Crippen molar-refractivity contribution in [3.8, 4) is 0 Å². The van der Waals surface area contributed by atoms with Crippen molar-refractivity contribution in [1.29, 1.82) is 0 Å². The molecule has 1 saturated heterocycles. The molecule has 6 heteroatoms. The van der Waals surface area contributed by atoms with Crippen molar-refractivity contribution >= 4 is 46.1 Å². The van der Waals surface area contributed by atoms with Gasteiger partial charge in [0.1, 0.15) is 5.57 Å². The zero-order chi connectivity index (χ0) is 17.4. The Balaban J connectivity index is 2.09. The van der Waals surface area contributed by atoms with E-state index in [1.54, 1.807) is 6.08 Å². The van der Waals surface area contributed by atoms with Gasteiger partial charge in [0.25, 0.3) is 11.8 Å². The van der Waals surface area contributed by atoms with Crippen LogP contribution in [0.4, 0.5) is 0 Å². The third-order valence-electron chi connectivity index (χ3n) is 4.39. The molecule has 1 unspecified atom stereocenters. The van der Waals surface area contributed by atoms with Crippen LogP contribution in [0.2, 0.25) is 0 Å². The highest BCUT2D eigenvalue weighted by molar-refractivity contribution is 7.80. The molecule has 0 radical (unpaired) electrons. The molecule has 1 aromatic heterocycles. The molecule has 0 saturated carbocycles. The normalized spacial score (nSPS) is 18.4. The number of aromatic nitrogens is 1. The Morgan fingerprint density at radius 3 is 2.71 bits per heavy atom. The van der Waals surface area contributed by atoms with Crippen molar-refractivity contribution in [2.45, 2.75) is 26.3 Å². The van der Waals surface area contributed by atoms with Crippen molar-refractivity contribution in [2.75, 3.05) is 0 Å². The number of nitrogens with one attached hydrogen (secondary N) is 1. The maximum absolute atomic E-state index is 12.8. The molecule has 0 spiro atoms. The average molecular weight is 341 g/mol. The summed E-state index contributed by atoms with van der Waals surface area (Å²) in [6, 6.07) is 7.81. The Morgan fingerprint density at radius 2 is 2.00 bits per heavy atom. The molecule has 2 heterocycles. The lowest BCUT2D eigenvalue weighted by Gasteiger charge is -2.33. The number of rotatable bonds is 3. The van der Waals surface area contributed by atoms with Crippen LogP contribution >= 0.6 is 12.2 Å². The van der Waals surface area contributed by atoms with Crippen LogP contribution in [0.1, 0.15) is 25.8 Å². The lowest BCUT2D eigenvalue weighted by atomic mass is 10.1. The molecule has 1 atom stereocenters. The molecule has 1 fully saturated rings. The Morgan fingerprint density at radius 1 is 1.29 bits per heavy atom. The van der Waals surface area contributed by atoms with Gasteiger partial charge in [-0.15, -0.1) is 0 Å². The van der Waals surface area contributed by atoms with Crippen LogP contribution in [0.5, 0.6) is 0 Å². The number of para-hydroxylation sites is 1. The summed E-state index contributed by atoms with van der Waals surface area (Å²) in [5.41, 5.74) is 1.99. The number of amides is 2. The summed E-state index contributed by atoms with van der Waals surface area (Å²) in [5, 5.41) is 3.79. The van der Waals surface area contributed by atoms with E-state index in [2.05, 4.69) is 5.32 Å². The van der Waals surface area contributed by atoms with Crippen LogP contribution in [0.15, 0.2) is 36.0 Å². The number of nitrogens with zero attached hydrogens (tertiary/aromatic N) is 2. The van der Waals surface area contributed by atoms with E-state index in [0.717, 1.165) is 22.9 Å². The topological polar surface area (TPSA) is 54.3 Å². The molecule has 2 aromatic rings. The third kappa shape index (κ3) is 2.63. The van der Waals surface area contributed by atoms with E-state index in [0.29, 0.717) is 0 Å². The number of aryl methyl sites for hydroxylation is 1. The Labute approximate surface area is 145 Å². The molecule has 0 bridgehead atoms. The highest BCUT2D eigenvalue weighted by atomic mass is 32.1. The van der Waals surface area contributed by atoms with Crippen LogP contribution in [0.3, 0.4) is 0 Å². The molecule has 1 aliphatic heterocycles. The second-order valence-corrected chi connectivity index (χ2v) is 6.35. The van der Waals surface area contributed by atoms with Crippen LogP contribution in [0.25, 0.3) is 17.0 Å². The van der Waals surface area contributed by atoms with Gasteiger partial charge in [-0.2, -0.15) is 0 Å². The van der Waals surface area contributed by atoms with E-state index < -0.39 is 5.91 Å². The van der Waals surface area contributed by atoms with E-state index in [1.165, 1.54) is 4.90 Å². The summed E-state index contributed by atoms with van der Waals surface area (Å²) in [6.07, 6.45) is 4.32. The van der Waals surface area contributed by atoms with Gasteiger partial charge >= 0.3 is 0 Å². The lowest BCUT2D eigenvalue weighted by molar-refractivity contribution is -0.130. The fourth-order valence-corrected chi connectivity index (χ4v) is 3.25. The maximum Gasteiger partial charge on any atom is 0.265 e. The fourth-order valence-electron chi connectivity index (χ4n) is 2.90. The lowest BCUT2D eigenvalue weighted by Crippen LogP contribution is -2.56. The van der Waals surface area contributed by atoms with E-state index >= 15 is 0 Å². The fraction of sp³-hybridized carbons (Fsp3) is 0.278. The predicted octanol–water partition coefficient (Wildman–Crippen LogP) is 2.60. The largest absolute Gasteiger partial charge is 0.350 e. The van der Waals surface area contributed by atoms with Gasteiger partial charge in [-0.3, -0.25) is 19.8 Å². The van der Waals surface area contributed by atoms with Crippen molar-refractivity contribution in [3.63, 3.8) is 0 Å². The molecule has 5 nitrogen and oxygen atoms in total. The SMILES string of the molecule is CCC(C)N1C(=O)C(=Cc2cn(C)c3ccccc23)C(=O)NC1=S. The molecule has 2 amide bonds. The molecular weight excluding hydrogens is 322 g/mol. The first kappa shape index (κ1) is 16.4. The van der Waals surface area contributed by atoms with Crippen molar-refractivity contribution in [1.82, 2.24) is 14.8 Å². The summed E-state index contributed by atoms with van der Waals surface area (Å²) in [7, 11) is 1.94. The zero-order valence-electron chi connectivity index (χ0n) is 13.9. The molecule has 24 heavy (non-hydrogen) atoms. The number of carbonyl (C=O) groups excluding carboxylic acids is 2. The number of hydrogen-bond acceptors (Lipinski definition) is 3. The monoisotopic (exact) mass is 341 g/mol. The summed E-state index contributed by atoms with van der Waals surface area (Å²) in [6.45, 7) is 3.89. The van der Waals surface area contributed by atoms with Crippen LogP contribution < -0.4 is 5.32 Å². The highest BCUT2D eigenvalue weighted by Crippen LogP contribution is 2.24. The van der Waals surface area contributed by atoms with E-state index in [9.17, 15) is 9.59 Å². The molecule has 124 valence electrons. The van der Waals surface area contributed by atoms with E-state index in [4.69, 9.17) is 12.2 Å². The minimum atomic E-state index is -0.447. The minimum Gasteiger partial charge on any atom is -0.350 e. The van der Waals surface area contributed by atoms with Crippen LogP contribution in [-0.4, -0.2) is 32.4 Å². The molecule has 1 aliphatic rings. The molecule has 1 aromatic carbocycles. The van der Waals surface area contributed by atoms with Crippen molar-refractivity contribution < 1.29 is 9.59 Å². The standard InChI is InChI=1S/C18H19N3O2S/c1-4-11(2)21-17(23)14(16(22)19-18(21)24)9-12-10-20(3)15-8-6-5-7-13(12)15/h5-11H,4H2,1-3H3,(H,19,22,24). The molecule has 3 rings (SSSR count). The van der Waals surface area contributed by atoms with Gasteiger partial charge in [-0.1, -0.05) is 25.1 Å². The van der Waals surface area contributed by atoms with Gasteiger partial charge in [0.2, 0.25) is 0 Å². The Kier molecular flexibility index (Phi) is 4.24.